The molecule has 0 unspecified atom stereocenters. The molecule has 0 aliphatic heterocycles. The number of pyridine rings is 1. The molecule has 0 atom stereocenters. The third kappa shape index (κ3) is 4.51. The highest BCUT2D eigenvalue weighted by Gasteiger charge is 2.24. The van der Waals surface area contributed by atoms with Gasteiger partial charge in [-0.1, -0.05) is 13.8 Å². The summed E-state index contributed by atoms with van der Waals surface area (Å²) in [4.78, 5) is 4.41. The molecule has 0 bridgehead atoms. The first-order chi connectivity index (χ1) is 8.56. The molecule has 5 heteroatoms. The zero-order valence-corrected chi connectivity index (χ0v) is 15.1. The van der Waals surface area contributed by atoms with Crippen LogP contribution in [0.1, 0.15) is 32.4 Å². The summed E-state index contributed by atoms with van der Waals surface area (Å²) in [5.74, 6) is 0. The fourth-order valence-electron chi connectivity index (χ4n) is 1.84. The zero-order valence-electron chi connectivity index (χ0n) is 11.1. The van der Waals surface area contributed by atoms with E-state index in [2.05, 4.69) is 62.3 Å². The lowest BCUT2D eigenvalue weighted by Gasteiger charge is -2.30. The molecule has 0 amide bonds. The van der Waals surface area contributed by atoms with Gasteiger partial charge < -0.3 is 5.32 Å². The first kappa shape index (κ1) is 16.5. The molecule has 1 aromatic rings. The Kier molecular flexibility index (Phi) is 7.21. The first-order valence-electron chi connectivity index (χ1n) is 6.12. The molecule has 1 heterocycles. The fourth-order valence-corrected chi connectivity index (χ4v) is 3.79. The van der Waals surface area contributed by atoms with E-state index in [1.807, 2.05) is 24.0 Å². The summed E-state index contributed by atoms with van der Waals surface area (Å²) in [7, 11) is 0. The van der Waals surface area contributed by atoms with Crippen molar-refractivity contribution in [2.75, 3.05) is 12.8 Å². The molecule has 0 saturated carbocycles. The number of nitrogens with zero attached hydrogens (tertiary/aromatic N) is 1. The monoisotopic (exact) mass is 394 g/mol. The normalized spacial score (nSPS) is 11.8. The topological polar surface area (TPSA) is 24.9 Å². The van der Waals surface area contributed by atoms with Gasteiger partial charge in [-0.3, -0.25) is 4.98 Å². The Balaban J connectivity index is 2.55. The van der Waals surface area contributed by atoms with Crippen molar-refractivity contribution in [1.29, 1.82) is 0 Å². The number of halogens is 2. The van der Waals surface area contributed by atoms with Crippen LogP contribution in [0.2, 0.25) is 0 Å². The molecule has 1 rings (SSSR count). The van der Waals surface area contributed by atoms with Gasteiger partial charge in [-0.05, 0) is 57.0 Å². The molecular weight excluding hydrogens is 376 g/mol. The predicted molar refractivity (Wildman–Crippen MR) is 88.2 cm³/mol. The highest BCUT2D eigenvalue weighted by atomic mass is 79.9. The molecule has 0 aliphatic rings. The van der Waals surface area contributed by atoms with Crippen LogP contribution >= 0.6 is 43.6 Å². The van der Waals surface area contributed by atoms with Crippen LogP contribution in [0.15, 0.2) is 21.2 Å². The smallest absolute Gasteiger partial charge is 0.0684 e. The number of thioether (sulfide) groups is 1. The maximum Gasteiger partial charge on any atom is 0.0684 e. The van der Waals surface area contributed by atoms with Crippen molar-refractivity contribution < 1.29 is 0 Å². The van der Waals surface area contributed by atoms with E-state index in [0.717, 1.165) is 27.7 Å². The molecule has 0 radical (unpaired) electrons. The molecule has 0 saturated heterocycles. The number of hydrogen-bond donors (Lipinski definition) is 1. The van der Waals surface area contributed by atoms with Crippen molar-refractivity contribution >= 4 is 43.6 Å². The lowest BCUT2D eigenvalue weighted by atomic mass is 10.0. The summed E-state index contributed by atoms with van der Waals surface area (Å²) in [5, 5.41) is 3.53. The molecule has 0 aliphatic carbocycles. The van der Waals surface area contributed by atoms with Crippen LogP contribution in [-0.2, 0) is 6.54 Å². The van der Waals surface area contributed by atoms with E-state index in [1.165, 1.54) is 12.8 Å². The van der Waals surface area contributed by atoms with E-state index in [1.54, 1.807) is 0 Å². The van der Waals surface area contributed by atoms with Gasteiger partial charge in [-0.15, -0.1) is 0 Å². The van der Waals surface area contributed by atoms with Crippen molar-refractivity contribution in [2.45, 2.75) is 38.0 Å². The van der Waals surface area contributed by atoms with Crippen LogP contribution in [-0.4, -0.2) is 22.5 Å². The van der Waals surface area contributed by atoms with Crippen LogP contribution in [0, 0.1) is 0 Å². The first-order valence-corrected chi connectivity index (χ1v) is 8.93. The van der Waals surface area contributed by atoms with Gasteiger partial charge in [0.15, 0.2) is 0 Å². The highest BCUT2D eigenvalue weighted by molar-refractivity contribution is 9.11. The molecule has 2 nitrogen and oxygen atoms in total. The third-order valence-corrected chi connectivity index (χ3v) is 6.05. The SMILES string of the molecule is CCC(CC)(CNCc1ncc(Br)cc1Br)SC. The second kappa shape index (κ2) is 7.88. The largest absolute Gasteiger partial charge is 0.310 e. The average Bonchev–Trinajstić information content (AvgIpc) is 2.38. The van der Waals surface area contributed by atoms with E-state index >= 15 is 0 Å². The van der Waals surface area contributed by atoms with Gasteiger partial charge in [0.1, 0.15) is 0 Å². The molecule has 102 valence electrons. The summed E-state index contributed by atoms with van der Waals surface area (Å²) in [5.41, 5.74) is 1.06. The average molecular weight is 396 g/mol. The van der Waals surface area contributed by atoms with E-state index in [-0.39, 0.29) is 0 Å². The second-order valence-corrected chi connectivity index (χ2v) is 7.32. The van der Waals surface area contributed by atoms with E-state index < -0.39 is 0 Å². The van der Waals surface area contributed by atoms with Crippen molar-refractivity contribution in [1.82, 2.24) is 10.3 Å². The van der Waals surface area contributed by atoms with Crippen molar-refractivity contribution in [3.05, 3.63) is 26.9 Å². The maximum atomic E-state index is 4.41. The molecular formula is C13H20Br2N2S. The van der Waals surface area contributed by atoms with Gasteiger partial charge in [-0.2, -0.15) is 11.8 Å². The van der Waals surface area contributed by atoms with Crippen LogP contribution in [0.25, 0.3) is 0 Å². The molecule has 0 spiro atoms. The highest BCUT2D eigenvalue weighted by Crippen LogP contribution is 2.29. The molecule has 18 heavy (non-hydrogen) atoms. The number of hydrogen-bond acceptors (Lipinski definition) is 3. The fraction of sp³-hybridized carbons (Fsp3) is 0.615. The molecule has 0 fully saturated rings. The molecule has 1 N–H and O–H groups in total. The third-order valence-electron chi connectivity index (χ3n) is 3.35. The molecule has 1 aromatic heterocycles. The second-order valence-electron chi connectivity index (χ2n) is 4.28. The Hall–Kier alpha value is 0.420. The van der Waals surface area contributed by atoms with Gasteiger partial charge in [0, 0.05) is 33.0 Å². The summed E-state index contributed by atoms with van der Waals surface area (Å²) >= 11 is 8.91. The number of nitrogens with one attached hydrogen (secondary N) is 1. The number of aromatic nitrogens is 1. The summed E-state index contributed by atoms with van der Waals surface area (Å²) < 4.78 is 2.40. The summed E-state index contributed by atoms with van der Waals surface area (Å²) in [6, 6.07) is 2.03. The minimum Gasteiger partial charge on any atom is -0.310 e. The Morgan fingerprint density at radius 2 is 2.00 bits per heavy atom. The van der Waals surface area contributed by atoms with Gasteiger partial charge in [-0.25, -0.2) is 0 Å². The minimum absolute atomic E-state index is 0.349. The Bertz CT molecular complexity index is 373. The van der Waals surface area contributed by atoms with Crippen LogP contribution in [0.3, 0.4) is 0 Å². The minimum atomic E-state index is 0.349. The van der Waals surface area contributed by atoms with E-state index in [4.69, 9.17) is 0 Å². The predicted octanol–water partition coefficient (Wildman–Crippen LogP) is 4.62. The Morgan fingerprint density at radius 1 is 1.33 bits per heavy atom. The standard InChI is InChI=1S/C13H20Br2N2S/c1-4-13(5-2,18-3)9-16-8-12-11(15)6-10(14)7-17-12/h6-7,16H,4-5,8-9H2,1-3H3. The van der Waals surface area contributed by atoms with Gasteiger partial charge in [0.25, 0.3) is 0 Å². The summed E-state index contributed by atoms with van der Waals surface area (Å²) in [6.45, 7) is 6.34. The Morgan fingerprint density at radius 3 is 2.50 bits per heavy atom. The van der Waals surface area contributed by atoms with Crippen molar-refractivity contribution in [3.63, 3.8) is 0 Å². The van der Waals surface area contributed by atoms with Gasteiger partial charge in [0.2, 0.25) is 0 Å². The van der Waals surface area contributed by atoms with Crippen molar-refractivity contribution in [2.24, 2.45) is 0 Å². The van der Waals surface area contributed by atoms with Gasteiger partial charge >= 0.3 is 0 Å². The van der Waals surface area contributed by atoms with E-state index in [0.29, 0.717) is 4.75 Å². The zero-order chi connectivity index (χ0) is 13.6. The van der Waals surface area contributed by atoms with Crippen LogP contribution in [0.4, 0.5) is 0 Å². The van der Waals surface area contributed by atoms with E-state index in [9.17, 15) is 0 Å². The Labute approximate surface area is 131 Å². The lowest BCUT2D eigenvalue weighted by Crippen LogP contribution is -2.36. The van der Waals surface area contributed by atoms with Gasteiger partial charge in [0.05, 0.1) is 5.69 Å². The maximum absolute atomic E-state index is 4.41. The quantitative estimate of drug-likeness (QED) is 0.729. The number of rotatable bonds is 7. The lowest BCUT2D eigenvalue weighted by molar-refractivity contribution is 0.492. The van der Waals surface area contributed by atoms with Crippen LogP contribution in [0.5, 0.6) is 0 Å². The van der Waals surface area contributed by atoms with Crippen LogP contribution < -0.4 is 5.32 Å². The molecule has 0 aromatic carbocycles. The van der Waals surface area contributed by atoms with Crippen molar-refractivity contribution in [3.8, 4) is 0 Å². The summed E-state index contributed by atoms with van der Waals surface area (Å²) in [6.07, 6.45) is 6.41.